The second-order valence-corrected chi connectivity index (χ2v) is 23.5. The first-order chi connectivity index (χ1) is 37.5. The fourth-order valence-electron chi connectivity index (χ4n) is 9.61. The number of rotatable bonds is 7. The van der Waals surface area contributed by atoms with E-state index in [1.807, 2.05) is 18.2 Å². The summed E-state index contributed by atoms with van der Waals surface area (Å²) in [5, 5.41) is 12.8. The minimum absolute atomic E-state index is 0. The molecule has 73 heavy (non-hydrogen) atoms. The summed E-state index contributed by atoms with van der Waals surface area (Å²) in [5.74, 6) is 0.743. The van der Waals surface area contributed by atoms with E-state index in [4.69, 9.17) is 22.3 Å². The molecule has 0 bridgehead atoms. The largest absolute Gasteiger partial charge is 0.507 e. The maximum atomic E-state index is 12.8. The molecule has 0 aliphatic carbocycles. The molecule has 0 aliphatic heterocycles. The monoisotopic (exact) mass is 1150 g/mol. The number of para-hydroxylation sites is 1. The molecule has 4 nitrogen and oxygen atoms in total. The van der Waals surface area contributed by atoms with E-state index in [1.54, 1.807) is 24.4 Å². The maximum Gasteiger partial charge on any atom is 0.148 e. The van der Waals surface area contributed by atoms with Crippen molar-refractivity contribution in [2.45, 2.75) is 131 Å². The first-order valence-corrected chi connectivity index (χ1v) is 24.9. The zero-order chi connectivity index (χ0) is 59.2. The van der Waals surface area contributed by atoms with Crippen LogP contribution in [0.15, 0.2) is 158 Å². The summed E-state index contributed by atoms with van der Waals surface area (Å²) in [6.07, 6.45) is 1.67. The van der Waals surface area contributed by atoms with Crippen LogP contribution < -0.4 is 0 Å². The molecule has 0 saturated heterocycles. The summed E-state index contributed by atoms with van der Waals surface area (Å²) >= 11 is 0. The number of phenols is 1. The molecule has 0 radical (unpaired) electrons. The Balaban J connectivity index is 0.00000880. The number of hydrogen-bond donors (Lipinski definition) is 1. The number of aromatic hydroxyl groups is 1. The van der Waals surface area contributed by atoms with Crippen LogP contribution in [0, 0.1) is 6.07 Å². The summed E-state index contributed by atoms with van der Waals surface area (Å²) in [4.78, 5) is 10.6. The van der Waals surface area contributed by atoms with Gasteiger partial charge in [0.05, 0.1) is 22.3 Å². The van der Waals surface area contributed by atoms with E-state index in [0.717, 1.165) is 61.3 Å². The number of phenolic OH excluding ortho intramolecular Hbond substituents is 1. The van der Waals surface area contributed by atoms with E-state index in [2.05, 4.69) is 197 Å². The van der Waals surface area contributed by atoms with Crippen LogP contribution in [0.4, 0.5) is 0 Å². The Labute approximate surface area is 462 Å². The summed E-state index contributed by atoms with van der Waals surface area (Å²) in [6, 6.07) is 53.4. The van der Waals surface area contributed by atoms with Crippen molar-refractivity contribution in [2.75, 3.05) is 0 Å². The third-order valence-corrected chi connectivity index (χ3v) is 13.8. The Bertz CT molecular complexity index is 3780. The fourth-order valence-corrected chi connectivity index (χ4v) is 9.61. The second-order valence-electron chi connectivity index (χ2n) is 23.5. The van der Waals surface area contributed by atoms with Gasteiger partial charge in [-0.2, -0.15) is 0 Å². The van der Waals surface area contributed by atoms with Gasteiger partial charge >= 0.3 is 0 Å². The van der Waals surface area contributed by atoms with E-state index in [1.165, 1.54) is 17.7 Å². The average molecular weight is 1150 g/mol. The number of nitrogens with zero attached hydrogens (tertiary/aromatic N) is 3. The van der Waals surface area contributed by atoms with Gasteiger partial charge in [0, 0.05) is 56.4 Å². The number of pyridine rings is 1. The van der Waals surface area contributed by atoms with Gasteiger partial charge in [0.2, 0.25) is 0 Å². The number of benzene rings is 7. The van der Waals surface area contributed by atoms with E-state index >= 15 is 0 Å². The van der Waals surface area contributed by atoms with Gasteiger partial charge in [0.25, 0.3) is 0 Å². The smallest absolute Gasteiger partial charge is 0.148 e. The number of aromatic nitrogens is 3. The molecule has 0 aliphatic rings. The zero-order valence-electron chi connectivity index (χ0n) is 53.1. The van der Waals surface area contributed by atoms with Gasteiger partial charge in [0.1, 0.15) is 11.6 Å². The van der Waals surface area contributed by atoms with Crippen LogP contribution in [-0.4, -0.2) is 19.6 Å². The van der Waals surface area contributed by atoms with Crippen molar-refractivity contribution in [2.24, 2.45) is 0 Å². The Morgan fingerprint density at radius 3 is 1.64 bits per heavy atom. The predicted octanol–water partition coefficient (Wildman–Crippen LogP) is 18.4. The molecule has 2 aromatic heterocycles. The molecular formula is C68H72N3OPt-. The molecule has 0 atom stereocenters. The molecule has 0 unspecified atom stereocenters. The van der Waals surface area contributed by atoms with Crippen LogP contribution in [0.5, 0.6) is 5.75 Å². The average Bonchev–Trinajstić information content (AvgIpc) is 3.32. The molecule has 9 aromatic rings. The molecule has 7 aromatic carbocycles. The Hall–Kier alpha value is -6.35. The third-order valence-electron chi connectivity index (χ3n) is 13.8. The van der Waals surface area contributed by atoms with Crippen molar-refractivity contribution >= 4 is 11.0 Å². The first-order valence-electron chi connectivity index (χ1n) is 29.4. The van der Waals surface area contributed by atoms with Gasteiger partial charge in [-0.05, 0) is 102 Å². The number of fused-ring (bicyclic) bond motifs is 1. The Morgan fingerprint density at radius 2 is 1.05 bits per heavy atom. The van der Waals surface area contributed by atoms with Crippen molar-refractivity contribution in [3.8, 4) is 78.6 Å². The minimum Gasteiger partial charge on any atom is -0.507 e. The molecule has 0 spiro atoms. The van der Waals surface area contributed by atoms with Crippen molar-refractivity contribution in [1.29, 1.82) is 0 Å². The topological polar surface area (TPSA) is 50.9 Å². The normalized spacial score (nSPS) is 14.9. The van der Waals surface area contributed by atoms with E-state index in [9.17, 15) is 5.11 Å². The standard InChI is InChI=1S/C68H72N3O.Pt/c1-64(2,3)49-31-29-43(30-32-49)46-33-34-69-58(38-46)48-35-47(36-50(37-48)65(4,5)6)52-27-22-28-59-61(52)70-63(55-39-51(66(7,8)9)40-57(62(55)72)68(13,14)15)71(59)60-42-53(44-23-18-16-19-24-44)56(67(10,11)12)41-54(60)45-25-20-17-21-26-45;/h16-34,36-42,72H,1-15H3;/q-1;/i1D3,2D3,3D3;. The third kappa shape index (κ3) is 10.7. The molecular weight excluding hydrogens is 1070 g/mol. The van der Waals surface area contributed by atoms with Crippen LogP contribution in [0.25, 0.3) is 83.9 Å². The van der Waals surface area contributed by atoms with Crippen LogP contribution in [0.1, 0.15) is 144 Å². The summed E-state index contributed by atoms with van der Waals surface area (Å²) in [7, 11) is 0. The second kappa shape index (κ2) is 19.5. The fraction of sp³-hybridized carbons (Fsp3) is 0.294. The van der Waals surface area contributed by atoms with Gasteiger partial charge in [-0.15, -0.1) is 29.3 Å². The molecule has 5 heteroatoms. The Morgan fingerprint density at radius 1 is 0.466 bits per heavy atom. The Kier molecular flexibility index (Phi) is 11.2. The first kappa shape index (κ1) is 42.1. The molecule has 0 amide bonds. The molecule has 376 valence electrons. The van der Waals surface area contributed by atoms with Crippen LogP contribution in [-0.2, 0) is 48.1 Å². The summed E-state index contributed by atoms with van der Waals surface area (Å²) in [5.41, 5.74) is 10.7. The van der Waals surface area contributed by atoms with Crippen molar-refractivity contribution < 1.29 is 38.5 Å². The summed E-state index contributed by atoms with van der Waals surface area (Å²) < 4.78 is 76.5. The van der Waals surface area contributed by atoms with Crippen LogP contribution in [0.3, 0.4) is 0 Å². The van der Waals surface area contributed by atoms with Crippen molar-refractivity contribution in [3.05, 3.63) is 192 Å². The van der Waals surface area contributed by atoms with Gasteiger partial charge in [-0.1, -0.05) is 224 Å². The number of imidazole rings is 1. The molecule has 0 saturated carbocycles. The van der Waals surface area contributed by atoms with Gasteiger partial charge < -0.3 is 5.11 Å². The van der Waals surface area contributed by atoms with Crippen molar-refractivity contribution in [3.63, 3.8) is 0 Å². The molecule has 1 N–H and O–H groups in total. The van der Waals surface area contributed by atoms with E-state index < -0.39 is 31.4 Å². The van der Waals surface area contributed by atoms with Gasteiger partial charge in [-0.3, -0.25) is 9.55 Å². The van der Waals surface area contributed by atoms with Gasteiger partial charge in [-0.25, -0.2) is 4.98 Å². The molecule has 0 fully saturated rings. The minimum atomic E-state index is -3.38. The molecule has 9 rings (SSSR count). The van der Waals surface area contributed by atoms with Crippen LogP contribution >= 0.6 is 0 Å². The maximum absolute atomic E-state index is 12.8. The van der Waals surface area contributed by atoms with E-state index in [-0.39, 0.29) is 48.6 Å². The SMILES string of the molecule is [2H]C([2H])([2H])C(c1ccc(-c2ccnc(-c3[c-]c(-c4cccc5c4nc(-c4cc(C(C)(C)C)cc(C(C)(C)C)c4O)n5-c4cc(-c5ccccc5)c(C(C)(C)C)cc4-c4ccccc4)cc(C(C)(C)C)c3)c2)cc1)(C([2H])([2H])[2H])C([2H])([2H])[2H].[Pt]. The van der Waals surface area contributed by atoms with E-state index in [0.29, 0.717) is 39.3 Å². The van der Waals surface area contributed by atoms with Crippen molar-refractivity contribution in [1.82, 2.24) is 14.5 Å². The molecule has 2 heterocycles. The van der Waals surface area contributed by atoms with Gasteiger partial charge in [0.15, 0.2) is 0 Å². The van der Waals surface area contributed by atoms with Crippen LogP contribution in [0.2, 0.25) is 0 Å². The quantitative estimate of drug-likeness (QED) is 0.162. The predicted molar refractivity (Wildman–Crippen MR) is 305 cm³/mol. The number of hydrogen-bond acceptors (Lipinski definition) is 3. The zero-order valence-corrected chi connectivity index (χ0v) is 46.4. The summed E-state index contributed by atoms with van der Waals surface area (Å²) in [6.45, 7) is 16.0.